The van der Waals surface area contributed by atoms with Gasteiger partial charge < -0.3 is 5.21 Å². The van der Waals surface area contributed by atoms with Gasteiger partial charge >= 0.3 is 0 Å². The zero-order valence-corrected chi connectivity index (χ0v) is 7.21. The van der Waals surface area contributed by atoms with Gasteiger partial charge in [0.05, 0.1) is 11.8 Å². The Hall–Kier alpha value is -2.04. The van der Waals surface area contributed by atoms with Crippen molar-refractivity contribution in [1.82, 2.24) is 0 Å². The van der Waals surface area contributed by atoms with Crippen LogP contribution in [-0.2, 0) is 0 Å². The molecule has 0 bridgehead atoms. The van der Waals surface area contributed by atoms with Crippen molar-refractivity contribution in [2.45, 2.75) is 0 Å². The molecule has 1 aromatic carbocycles. The number of fused-ring (bicyclic) bond motifs is 3. The van der Waals surface area contributed by atoms with E-state index in [0.717, 1.165) is 26.6 Å². The van der Waals surface area contributed by atoms with Gasteiger partial charge in [-0.3, -0.25) is 0 Å². The van der Waals surface area contributed by atoms with Gasteiger partial charge in [-0.2, -0.15) is 9.84 Å². The van der Waals surface area contributed by atoms with Crippen LogP contribution in [0.25, 0.3) is 0 Å². The van der Waals surface area contributed by atoms with E-state index in [9.17, 15) is 5.21 Å². The first-order valence-corrected chi connectivity index (χ1v) is 4.22. The lowest BCUT2D eigenvalue weighted by atomic mass is 10.1. The van der Waals surface area contributed by atoms with Crippen LogP contribution in [0.5, 0.6) is 0 Å². The first-order valence-electron chi connectivity index (χ1n) is 4.22. The van der Waals surface area contributed by atoms with Gasteiger partial charge in [0.1, 0.15) is 10.7 Å². The molecular formula is C9H6N4O. The third-order valence-corrected chi connectivity index (χ3v) is 2.22. The van der Waals surface area contributed by atoms with Gasteiger partial charge in [0, 0.05) is 5.56 Å². The predicted molar refractivity (Wildman–Crippen MR) is 50.0 cm³/mol. The summed E-state index contributed by atoms with van der Waals surface area (Å²) >= 11 is 0. The summed E-state index contributed by atoms with van der Waals surface area (Å²) in [5, 5.41) is 20.4. The SMILES string of the molecule is [O-][N+]1=Cc2ccc3c(c2=NC1)=NN=C3. The first kappa shape index (κ1) is 7.37. The van der Waals surface area contributed by atoms with E-state index in [-0.39, 0.29) is 6.67 Å². The molecule has 2 aliphatic heterocycles. The Morgan fingerprint density at radius 1 is 1.21 bits per heavy atom. The van der Waals surface area contributed by atoms with Crippen molar-refractivity contribution in [1.29, 1.82) is 0 Å². The van der Waals surface area contributed by atoms with Crippen LogP contribution in [-0.4, -0.2) is 23.8 Å². The Morgan fingerprint density at radius 2 is 2.07 bits per heavy atom. The monoisotopic (exact) mass is 186 g/mol. The molecule has 0 N–H and O–H groups in total. The van der Waals surface area contributed by atoms with Crippen molar-refractivity contribution >= 4 is 12.4 Å². The minimum atomic E-state index is 0.138. The third kappa shape index (κ3) is 0.891. The summed E-state index contributed by atoms with van der Waals surface area (Å²) in [6.45, 7) is 0.138. The molecule has 0 atom stereocenters. The van der Waals surface area contributed by atoms with Crippen LogP contribution < -0.4 is 10.7 Å². The molecule has 0 saturated carbocycles. The molecule has 2 heterocycles. The lowest BCUT2D eigenvalue weighted by Gasteiger charge is -2.05. The lowest BCUT2D eigenvalue weighted by Crippen LogP contribution is -2.35. The summed E-state index contributed by atoms with van der Waals surface area (Å²) in [4.78, 5) is 4.15. The maximum Gasteiger partial charge on any atom is 0.246 e. The fourth-order valence-electron chi connectivity index (χ4n) is 1.58. The summed E-state index contributed by atoms with van der Waals surface area (Å²) in [7, 11) is 0. The number of nitrogens with zero attached hydrogens (tertiary/aromatic N) is 4. The first-order chi connectivity index (χ1) is 6.84. The highest BCUT2D eigenvalue weighted by atomic mass is 16.5. The molecule has 0 fully saturated rings. The highest BCUT2D eigenvalue weighted by molar-refractivity contribution is 5.83. The Bertz CT molecular complexity index is 586. The van der Waals surface area contributed by atoms with Crippen LogP contribution in [0, 0.1) is 5.21 Å². The van der Waals surface area contributed by atoms with Crippen molar-refractivity contribution in [2.24, 2.45) is 15.2 Å². The van der Waals surface area contributed by atoms with Gasteiger partial charge in [-0.05, 0) is 6.07 Å². The van der Waals surface area contributed by atoms with Crippen LogP contribution in [0.1, 0.15) is 11.1 Å². The van der Waals surface area contributed by atoms with Crippen LogP contribution in [0.2, 0.25) is 0 Å². The number of benzene rings is 1. The number of hydrogen-bond donors (Lipinski definition) is 0. The van der Waals surface area contributed by atoms with E-state index in [1.165, 1.54) is 6.21 Å². The van der Waals surface area contributed by atoms with E-state index < -0.39 is 0 Å². The fourth-order valence-corrected chi connectivity index (χ4v) is 1.58. The summed E-state index contributed by atoms with van der Waals surface area (Å²) in [5.74, 6) is 0. The maximum atomic E-state index is 11.0. The molecule has 3 rings (SSSR count). The zero-order chi connectivity index (χ0) is 9.54. The quantitative estimate of drug-likeness (QED) is 0.385. The average Bonchev–Trinajstić information content (AvgIpc) is 2.65. The van der Waals surface area contributed by atoms with Gasteiger partial charge in [-0.15, -0.1) is 5.10 Å². The topological polar surface area (TPSA) is 63.1 Å². The maximum absolute atomic E-state index is 11.0. The highest BCUT2D eigenvalue weighted by Gasteiger charge is 2.11. The van der Waals surface area contributed by atoms with Crippen molar-refractivity contribution in [3.8, 4) is 0 Å². The summed E-state index contributed by atoms with van der Waals surface area (Å²) in [6.07, 6.45) is 3.21. The van der Waals surface area contributed by atoms with Gasteiger partial charge in [0.25, 0.3) is 0 Å². The Labute approximate surface area is 79.0 Å². The van der Waals surface area contributed by atoms with Crippen LogP contribution >= 0.6 is 0 Å². The van der Waals surface area contributed by atoms with E-state index in [1.807, 2.05) is 12.1 Å². The number of hydroxylamine groups is 1. The summed E-state index contributed by atoms with van der Waals surface area (Å²) in [6, 6.07) is 3.74. The van der Waals surface area contributed by atoms with Crippen LogP contribution in [0.3, 0.4) is 0 Å². The minimum absolute atomic E-state index is 0.138. The van der Waals surface area contributed by atoms with Gasteiger partial charge in [0.15, 0.2) is 6.21 Å². The van der Waals surface area contributed by atoms with Gasteiger partial charge in [0.2, 0.25) is 6.67 Å². The predicted octanol–water partition coefficient (Wildman–Crippen LogP) is -0.826. The Kier molecular flexibility index (Phi) is 1.30. The second kappa shape index (κ2) is 2.47. The molecular weight excluding hydrogens is 180 g/mol. The van der Waals surface area contributed by atoms with E-state index in [4.69, 9.17) is 0 Å². The fraction of sp³-hybridized carbons (Fsp3) is 0.111. The van der Waals surface area contributed by atoms with E-state index >= 15 is 0 Å². The van der Waals surface area contributed by atoms with E-state index in [1.54, 1.807) is 6.21 Å². The third-order valence-electron chi connectivity index (χ3n) is 2.22. The molecule has 14 heavy (non-hydrogen) atoms. The second-order valence-electron chi connectivity index (χ2n) is 3.13. The molecule has 0 amide bonds. The second-order valence-corrected chi connectivity index (χ2v) is 3.13. The molecule has 0 radical (unpaired) electrons. The zero-order valence-electron chi connectivity index (χ0n) is 7.21. The van der Waals surface area contributed by atoms with Crippen molar-refractivity contribution in [3.63, 3.8) is 0 Å². The Balaban J connectivity index is 2.43. The molecule has 0 spiro atoms. The molecule has 0 aromatic heterocycles. The molecule has 0 aliphatic carbocycles. The molecule has 2 aliphatic rings. The molecule has 0 unspecified atom stereocenters. The van der Waals surface area contributed by atoms with Crippen LogP contribution in [0.4, 0.5) is 0 Å². The molecule has 0 saturated heterocycles. The van der Waals surface area contributed by atoms with Crippen LogP contribution in [0.15, 0.2) is 27.3 Å². The average molecular weight is 186 g/mol. The van der Waals surface area contributed by atoms with E-state index in [0.29, 0.717) is 0 Å². The normalized spacial score (nSPS) is 16.4. The van der Waals surface area contributed by atoms with E-state index in [2.05, 4.69) is 15.2 Å². The summed E-state index contributed by atoms with van der Waals surface area (Å²) in [5.41, 5.74) is 1.76. The summed E-state index contributed by atoms with van der Waals surface area (Å²) < 4.78 is 0.796. The standard InChI is InChI=1S/C9H6N4O/c14-13-4-7-2-1-6-3-11-12-9(6)8(7)10-5-13/h1-4H,5H2. The van der Waals surface area contributed by atoms with Crippen molar-refractivity contribution in [3.05, 3.63) is 39.2 Å². The lowest BCUT2D eigenvalue weighted by molar-refractivity contribution is -0.452. The number of hydrogen-bond acceptors (Lipinski definition) is 4. The molecule has 68 valence electrons. The van der Waals surface area contributed by atoms with Gasteiger partial charge in [-0.1, -0.05) is 6.07 Å². The number of rotatable bonds is 0. The minimum Gasteiger partial charge on any atom is -0.622 e. The molecule has 1 aromatic rings. The highest BCUT2D eigenvalue weighted by Crippen LogP contribution is 1.96. The Morgan fingerprint density at radius 3 is 3.00 bits per heavy atom. The smallest absolute Gasteiger partial charge is 0.246 e. The van der Waals surface area contributed by atoms with Gasteiger partial charge in [-0.25, -0.2) is 4.99 Å². The largest absolute Gasteiger partial charge is 0.622 e. The van der Waals surface area contributed by atoms with Crippen molar-refractivity contribution in [2.75, 3.05) is 6.67 Å². The molecule has 5 heteroatoms. The molecule has 5 nitrogen and oxygen atoms in total. The van der Waals surface area contributed by atoms with Crippen molar-refractivity contribution < 1.29 is 4.74 Å².